The Morgan fingerprint density at radius 1 is 1.00 bits per heavy atom. The monoisotopic (exact) mass is 232 g/mol. The van der Waals surface area contributed by atoms with Crippen LogP contribution < -0.4 is 5.32 Å². The van der Waals surface area contributed by atoms with E-state index in [0.29, 0.717) is 13.2 Å². The van der Waals surface area contributed by atoms with Crippen molar-refractivity contribution in [3.63, 3.8) is 0 Å². The fraction of sp³-hybridized carbons (Fsp3) is 1.00. The van der Waals surface area contributed by atoms with E-state index in [9.17, 15) is 0 Å². The molecule has 0 fully saturated rings. The van der Waals surface area contributed by atoms with Gasteiger partial charge in [-0.2, -0.15) is 0 Å². The molecule has 0 aromatic rings. The molecule has 16 heavy (non-hydrogen) atoms. The van der Waals surface area contributed by atoms with Gasteiger partial charge >= 0.3 is 0 Å². The highest BCUT2D eigenvalue weighted by Crippen LogP contribution is 1.88. The number of nitrogens with one attached hydrogen (secondary N) is 1. The van der Waals surface area contributed by atoms with Crippen LogP contribution in [0.1, 0.15) is 20.3 Å². The highest BCUT2D eigenvalue weighted by atomic mass is 16.5. The third-order valence-electron chi connectivity index (χ3n) is 2.58. The average Bonchev–Trinajstić information content (AvgIpc) is 2.32. The molecule has 0 atom stereocenters. The van der Waals surface area contributed by atoms with E-state index < -0.39 is 0 Å². The van der Waals surface area contributed by atoms with Gasteiger partial charge in [0, 0.05) is 13.7 Å². The molecule has 4 nitrogen and oxygen atoms in total. The Balaban J connectivity index is 3.03. The normalized spacial score (nSPS) is 11.2. The van der Waals surface area contributed by atoms with E-state index in [1.165, 1.54) is 13.0 Å². The Morgan fingerprint density at radius 3 is 2.38 bits per heavy atom. The molecular weight excluding hydrogens is 204 g/mol. The van der Waals surface area contributed by atoms with Crippen LogP contribution in [-0.4, -0.2) is 64.6 Å². The van der Waals surface area contributed by atoms with E-state index in [1.54, 1.807) is 7.11 Å². The Labute approximate surface area is 100 Å². The standard InChI is InChI=1S/C12H28N2O2/c1-4-14(5-2)9-6-7-13-8-10-16-12-11-15-3/h13H,4-12H2,1-3H3. The van der Waals surface area contributed by atoms with Crippen molar-refractivity contribution in [2.75, 3.05) is 59.7 Å². The summed E-state index contributed by atoms with van der Waals surface area (Å²) in [5.74, 6) is 0. The van der Waals surface area contributed by atoms with Crippen LogP contribution in [0, 0.1) is 0 Å². The van der Waals surface area contributed by atoms with Gasteiger partial charge in [0.15, 0.2) is 0 Å². The predicted octanol–water partition coefficient (Wildman–Crippen LogP) is 0.971. The zero-order valence-corrected chi connectivity index (χ0v) is 11.1. The summed E-state index contributed by atoms with van der Waals surface area (Å²) < 4.78 is 10.2. The first-order valence-electron chi connectivity index (χ1n) is 6.34. The summed E-state index contributed by atoms with van der Waals surface area (Å²) in [5, 5.41) is 3.37. The van der Waals surface area contributed by atoms with Crippen molar-refractivity contribution in [3.05, 3.63) is 0 Å². The second kappa shape index (κ2) is 12.9. The van der Waals surface area contributed by atoms with Crippen molar-refractivity contribution in [3.8, 4) is 0 Å². The molecule has 0 bridgehead atoms. The van der Waals surface area contributed by atoms with Gasteiger partial charge in [-0.1, -0.05) is 13.8 Å². The van der Waals surface area contributed by atoms with Crippen LogP contribution in [0.5, 0.6) is 0 Å². The molecule has 98 valence electrons. The smallest absolute Gasteiger partial charge is 0.0700 e. The van der Waals surface area contributed by atoms with Crippen LogP contribution in [0.3, 0.4) is 0 Å². The van der Waals surface area contributed by atoms with Crippen molar-refractivity contribution < 1.29 is 9.47 Å². The van der Waals surface area contributed by atoms with Gasteiger partial charge in [-0.25, -0.2) is 0 Å². The minimum Gasteiger partial charge on any atom is -0.382 e. The average molecular weight is 232 g/mol. The molecule has 4 heteroatoms. The molecule has 0 aromatic carbocycles. The van der Waals surface area contributed by atoms with E-state index in [0.717, 1.165) is 32.8 Å². The first kappa shape index (κ1) is 15.8. The lowest BCUT2D eigenvalue weighted by Crippen LogP contribution is -2.28. The van der Waals surface area contributed by atoms with Crippen molar-refractivity contribution in [2.24, 2.45) is 0 Å². The third kappa shape index (κ3) is 10.4. The van der Waals surface area contributed by atoms with Gasteiger partial charge in [0.25, 0.3) is 0 Å². The number of nitrogens with zero attached hydrogens (tertiary/aromatic N) is 1. The molecular formula is C12H28N2O2. The fourth-order valence-electron chi connectivity index (χ4n) is 1.48. The van der Waals surface area contributed by atoms with Gasteiger partial charge in [0.1, 0.15) is 0 Å². The second-order valence-electron chi connectivity index (χ2n) is 3.74. The number of methoxy groups -OCH3 is 1. The summed E-state index contributed by atoms with van der Waals surface area (Å²) in [7, 11) is 1.69. The molecule has 1 N–H and O–H groups in total. The lowest BCUT2D eigenvalue weighted by molar-refractivity contribution is 0.0719. The Morgan fingerprint density at radius 2 is 1.75 bits per heavy atom. The summed E-state index contributed by atoms with van der Waals surface area (Å²) in [4.78, 5) is 2.44. The van der Waals surface area contributed by atoms with Crippen LogP contribution >= 0.6 is 0 Å². The number of rotatable bonds is 12. The second-order valence-corrected chi connectivity index (χ2v) is 3.74. The molecule has 0 radical (unpaired) electrons. The maximum Gasteiger partial charge on any atom is 0.0700 e. The summed E-state index contributed by atoms with van der Waals surface area (Å²) in [6, 6.07) is 0. The third-order valence-corrected chi connectivity index (χ3v) is 2.58. The highest BCUT2D eigenvalue weighted by molar-refractivity contribution is 4.54. The molecule has 0 heterocycles. The summed E-state index contributed by atoms with van der Waals surface area (Å²) in [6.07, 6.45) is 1.21. The maximum absolute atomic E-state index is 5.35. The number of ether oxygens (including phenoxy) is 2. The van der Waals surface area contributed by atoms with Gasteiger partial charge in [-0.15, -0.1) is 0 Å². The zero-order valence-electron chi connectivity index (χ0n) is 11.1. The molecule has 0 saturated heterocycles. The first-order chi connectivity index (χ1) is 7.85. The van der Waals surface area contributed by atoms with E-state index >= 15 is 0 Å². The van der Waals surface area contributed by atoms with Crippen LogP contribution in [0.4, 0.5) is 0 Å². The van der Waals surface area contributed by atoms with Crippen LogP contribution in [-0.2, 0) is 9.47 Å². The highest BCUT2D eigenvalue weighted by Gasteiger charge is 1.97. The van der Waals surface area contributed by atoms with Crippen LogP contribution in [0.25, 0.3) is 0 Å². The van der Waals surface area contributed by atoms with Crippen molar-refractivity contribution in [1.29, 1.82) is 0 Å². The van der Waals surface area contributed by atoms with E-state index in [2.05, 4.69) is 24.1 Å². The van der Waals surface area contributed by atoms with Gasteiger partial charge in [-0.3, -0.25) is 0 Å². The lowest BCUT2D eigenvalue weighted by Gasteiger charge is -2.17. The topological polar surface area (TPSA) is 33.7 Å². The quantitative estimate of drug-likeness (QED) is 0.508. The molecule has 0 aromatic heterocycles. The molecule has 0 rings (SSSR count). The molecule has 0 unspecified atom stereocenters. The minimum atomic E-state index is 0.682. The minimum absolute atomic E-state index is 0.682. The van der Waals surface area contributed by atoms with E-state index in [1.807, 2.05) is 0 Å². The SMILES string of the molecule is CCN(CC)CCCNCCOCCOC. The number of hydrogen-bond acceptors (Lipinski definition) is 4. The molecule has 0 aliphatic carbocycles. The van der Waals surface area contributed by atoms with Gasteiger partial charge < -0.3 is 19.7 Å². The summed E-state index contributed by atoms with van der Waals surface area (Å²) in [5.41, 5.74) is 0. The summed E-state index contributed by atoms with van der Waals surface area (Å²) >= 11 is 0. The van der Waals surface area contributed by atoms with Crippen molar-refractivity contribution >= 4 is 0 Å². The fourth-order valence-corrected chi connectivity index (χ4v) is 1.48. The molecule has 0 aliphatic heterocycles. The molecule has 0 saturated carbocycles. The number of hydrogen-bond donors (Lipinski definition) is 1. The Kier molecular flexibility index (Phi) is 12.8. The van der Waals surface area contributed by atoms with E-state index in [4.69, 9.17) is 9.47 Å². The zero-order chi connectivity index (χ0) is 12.1. The summed E-state index contributed by atoms with van der Waals surface area (Å²) in [6.45, 7) is 12.1. The molecule has 0 amide bonds. The first-order valence-corrected chi connectivity index (χ1v) is 6.34. The van der Waals surface area contributed by atoms with Crippen LogP contribution in [0.2, 0.25) is 0 Å². The Bertz CT molecular complexity index is 130. The lowest BCUT2D eigenvalue weighted by atomic mass is 10.3. The largest absolute Gasteiger partial charge is 0.382 e. The maximum atomic E-state index is 5.35. The molecule has 0 spiro atoms. The van der Waals surface area contributed by atoms with Gasteiger partial charge in [0.05, 0.1) is 19.8 Å². The molecule has 0 aliphatic rings. The van der Waals surface area contributed by atoms with Crippen molar-refractivity contribution in [2.45, 2.75) is 20.3 Å². The predicted molar refractivity (Wildman–Crippen MR) is 68.0 cm³/mol. The van der Waals surface area contributed by atoms with Crippen LogP contribution in [0.15, 0.2) is 0 Å². The van der Waals surface area contributed by atoms with E-state index in [-0.39, 0.29) is 0 Å². The van der Waals surface area contributed by atoms with Gasteiger partial charge in [0.2, 0.25) is 0 Å². The Hall–Kier alpha value is -0.160. The van der Waals surface area contributed by atoms with Crippen molar-refractivity contribution in [1.82, 2.24) is 10.2 Å². The van der Waals surface area contributed by atoms with Gasteiger partial charge in [-0.05, 0) is 32.6 Å².